The summed E-state index contributed by atoms with van der Waals surface area (Å²) < 4.78 is 0. The number of carbonyl (C=O) groups excluding carboxylic acids is 2. The van der Waals surface area contributed by atoms with E-state index in [0.717, 1.165) is 46.0 Å². The standard InChI is InChI=1S/C29H26N2O2/c1-18(32)13-22-9-10-23-15-25(17-31-29(23)28(22)20-7-8-20)27(33)16-24-14-21(11-12-26(24)30)19-5-3-2-4-6-19/h2-6,9-12,14-15,17,20H,7-8,13,16,30H2,1H3. The first-order valence-electron chi connectivity index (χ1n) is 11.4. The molecule has 1 saturated carbocycles. The smallest absolute Gasteiger partial charge is 0.168 e. The Morgan fingerprint density at radius 2 is 1.70 bits per heavy atom. The zero-order valence-electron chi connectivity index (χ0n) is 18.7. The number of fused-ring (bicyclic) bond motifs is 1. The summed E-state index contributed by atoms with van der Waals surface area (Å²) in [5.41, 5.74) is 13.5. The Morgan fingerprint density at radius 1 is 0.909 bits per heavy atom. The molecule has 0 aliphatic heterocycles. The highest BCUT2D eigenvalue weighted by molar-refractivity contribution is 6.01. The lowest BCUT2D eigenvalue weighted by Gasteiger charge is -2.12. The predicted octanol–water partition coefficient (Wildman–Crippen LogP) is 5.92. The normalized spacial score (nSPS) is 13.2. The molecule has 0 spiro atoms. The van der Waals surface area contributed by atoms with Crippen LogP contribution in [0.25, 0.3) is 22.0 Å². The Balaban J connectivity index is 1.45. The lowest BCUT2D eigenvalue weighted by atomic mass is 9.94. The van der Waals surface area contributed by atoms with Crippen LogP contribution in [0.4, 0.5) is 5.69 Å². The molecular formula is C29H26N2O2. The number of rotatable bonds is 7. The van der Waals surface area contributed by atoms with Gasteiger partial charge >= 0.3 is 0 Å². The van der Waals surface area contributed by atoms with Crippen molar-refractivity contribution in [1.29, 1.82) is 0 Å². The number of pyridine rings is 1. The van der Waals surface area contributed by atoms with E-state index < -0.39 is 0 Å². The maximum absolute atomic E-state index is 13.2. The molecule has 0 unspecified atom stereocenters. The van der Waals surface area contributed by atoms with Gasteiger partial charge in [0.25, 0.3) is 0 Å². The summed E-state index contributed by atoms with van der Waals surface area (Å²) in [6, 6.07) is 21.8. The summed E-state index contributed by atoms with van der Waals surface area (Å²) in [4.78, 5) is 29.6. The van der Waals surface area contributed by atoms with Gasteiger partial charge in [0.15, 0.2) is 5.78 Å². The Hall–Kier alpha value is -3.79. The van der Waals surface area contributed by atoms with E-state index >= 15 is 0 Å². The van der Waals surface area contributed by atoms with Gasteiger partial charge in [-0.2, -0.15) is 0 Å². The molecule has 4 heteroatoms. The minimum Gasteiger partial charge on any atom is -0.398 e. The van der Waals surface area contributed by atoms with Gasteiger partial charge in [-0.05, 0) is 71.7 Å². The first-order chi connectivity index (χ1) is 16.0. The fraction of sp³-hybridized carbons (Fsp3) is 0.207. The highest BCUT2D eigenvalue weighted by Gasteiger charge is 2.29. The SMILES string of the molecule is CC(=O)Cc1ccc2cc(C(=O)Cc3cc(-c4ccccc4)ccc3N)cnc2c1C1CC1. The second-order valence-electron chi connectivity index (χ2n) is 8.97. The summed E-state index contributed by atoms with van der Waals surface area (Å²) in [6.45, 7) is 1.62. The largest absolute Gasteiger partial charge is 0.398 e. The second-order valence-corrected chi connectivity index (χ2v) is 8.97. The molecule has 1 aliphatic carbocycles. The fourth-order valence-corrected chi connectivity index (χ4v) is 4.51. The first kappa shape index (κ1) is 21.1. The molecule has 2 N–H and O–H groups in total. The number of nitrogen functional groups attached to an aromatic ring is 1. The molecule has 0 radical (unpaired) electrons. The van der Waals surface area contributed by atoms with E-state index in [1.54, 1.807) is 13.1 Å². The summed E-state index contributed by atoms with van der Waals surface area (Å²) in [5, 5.41) is 0.945. The maximum Gasteiger partial charge on any atom is 0.168 e. The molecule has 33 heavy (non-hydrogen) atoms. The van der Waals surface area contributed by atoms with Crippen molar-refractivity contribution in [2.45, 2.75) is 38.5 Å². The molecule has 1 fully saturated rings. The van der Waals surface area contributed by atoms with Gasteiger partial charge in [0.2, 0.25) is 0 Å². The van der Waals surface area contributed by atoms with Gasteiger partial charge in [-0.1, -0.05) is 48.5 Å². The van der Waals surface area contributed by atoms with E-state index in [4.69, 9.17) is 10.7 Å². The second kappa shape index (κ2) is 8.62. The molecule has 1 heterocycles. The molecule has 0 atom stereocenters. The van der Waals surface area contributed by atoms with Crippen LogP contribution in [0.5, 0.6) is 0 Å². The summed E-state index contributed by atoms with van der Waals surface area (Å²) in [6.07, 6.45) is 4.58. The van der Waals surface area contributed by atoms with Crippen LogP contribution in [-0.4, -0.2) is 16.6 Å². The van der Waals surface area contributed by atoms with Crippen molar-refractivity contribution in [3.8, 4) is 11.1 Å². The average Bonchev–Trinajstić information content (AvgIpc) is 3.65. The Kier molecular flexibility index (Phi) is 5.51. The number of aromatic nitrogens is 1. The summed E-state index contributed by atoms with van der Waals surface area (Å²) in [7, 11) is 0. The van der Waals surface area contributed by atoms with Crippen LogP contribution in [-0.2, 0) is 17.6 Å². The number of nitrogens with two attached hydrogens (primary N) is 1. The number of carbonyl (C=O) groups is 2. The molecule has 1 aliphatic rings. The van der Waals surface area contributed by atoms with E-state index in [0.29, 0.717) is 23.6 Å². The Morgan fingerprint density at radius 3 is 2.42 bits per heavy atom. The number of nitrogens with zero attached hydrogens (tertiary/aromatic N) is 1. The molecule has 164 valence electrons. The summed E-state index contributed by atoms with van der Waals surface area (Å²) in [5.74, 6) is 0.609. The van der Waals surface area contributed by atoms with Gasteiger partial charge < -0.3 is 5.73 Å². The van der Waals surface area contributed by atoms with E-state index in [9.17, 15) is 9.59 Å². The van der Waals surface area contributed by atoms with Crippen LogP contribution >= 0.6 is 0 Å². The molecular weight excluding hydrogens is 408 g/mol. The number of hydrogen-bond donors (Lipinski definition) is 1. The maximum atomic E-state index is 13.2. The minimum absolute atomic E-state index is 0.0119. The van der Waals surface area contributed by atoms with E-state index in [-0.39, 0.29) is 18.0 Å². The van der Waals surface area contributed by atoms with Crippen molar-refractivity contribution in [2.75, 3.05) is 5.73 Å². The van der Waals surface area contributed by atoms with Crippen molar-refractivity contribution in [3.63, 3.8) is 0 Å². The number of anilines is 1. The van der Waals surface area contributed by atoms with E-state index in [1.807, 2.05) is 66.7 Å². The average molecular weight is 435 g/mol. The third-order valence-corrected chi connectivity index (χ3v) is 6.33. The molecule has 0 amide bonds. The van der Waals surface area contributed by atoms with E-state index in [2.05, 4.69) is 0 Å². The van der Waals surface area contributed by atoms with Gasteiger partial charge in [-0.25, -0.2) is 0 Å². The molecule has 1 aromatic heterocycles. The van der Waals surface area contributed by atoms with Crippen molar-refractivity contribution >= 4 is 28.2 Å². The predicted molar refractivity (Wildman–Crippen MR) is 132 cm³/mol. The van der Waals surface area contributed by atoms with Crippen LogP contribution in [0.2, 0.25) is 0 Å². The first-order valence-corrected chi connectivity index (χ1v) is 11.4. The van der Waals surface area contributed by atoms with Crippen molar-refractivity contribution in [2.24, 2.45) is 0 Å². The number of Topliss-reactive ketones (excluding diaryl/α,β-unsaturated/α-hetero) is 2. The van der Waals surface area contributed by atoms with Crippen LogP contribution in [0.1, 0.15) is 52.7 Å². The molecule has 4 nitrogen and oxygen atoms in total. The van der Waals surface area contributed by atoms with Crippen LogP contribution < -0.4 is 5.73 Å². The van der Waals surface area contributed by atoms with Crippen LogP contribution in [0.3, 0.4) is 0 Å². The Labute approximate surface area is 193 Å². The molecule has 3 aromatic carbocycles. The number of benzene rings is 3. The van der Waals surface area contributed by atoms with Gasteiger partial charge in [0, 0.05) is 35.7 Å². The summed E-state index contributed by atoms with van der Waals surface area (Å²) >= 11 is 0. The zero-order valence-corrected chi connectivity index (χ0v) is 18.7. The number of hydrogen-bond acceptors (Lipinski definition) is 4. The Bertz CT molecular complexity index is 1370. The van der Waals surface area contributed by atoms with Crippen LogP contribution in [0, 0.1) is 0 Å². The monoisotopic (exact) mass is 434 g/mol. The number of ketones is 2. The van der Waals surface area contributed by atoms with Crippen molar-refractivity contribution in [3.05, 3.63) is 95.2 Å². The van der Waals surface area contributed by atoms with E-state index in [1.165, 1.54) is 5.56 Å². The highest BCUT2D eigenvalue weighted by Crippen LogP contribution is 2.44. The van der Waals surface area contributed by atoms with Gasteiger partial charge in [-0.3, -0.25) is 14.6 Å². The van der Waals surface area contributed by atoms with Crippen LogP contribution in [0.15, 0.2) is 72.9 Å². The minimum atomic E-state index is -0.0119. The highest BCUT2D eigenvalue weighted by atomic mass is 16.1. The molecule has 5 rings (SSSR count). The van der Waals surface area contributed by atoms with Crippen molar-refractivity contribution in [1.82, 2.24) is 4.98 Å². The zero-order chi connectivity index (χ0) is 22.9. The third-order valence-electron chi connectivity index (χ3n) is 6.33. The quantitative estimate of drug-likeness (QED) is 0.289. The molecule has 4 aromatic rings. The fourth-order valence-electron chi connectivity index (χ4n) is 4.51. The van der Waals surface area contributed by atoms with Gasteiger partial charge in [0.1, 0.15) is 5.78 Å². The molecule has 0 bridgehead atoms. The third kappa shape index (κ3) is 4.42. The van der Waals surface area contributed by atoms with Crippen molar-refractivity contribution < 1.29 is 9.59 Å². The topological polar surface area (TPSA) is 73.0 Å². The lowest BCUT2D eigenvalue weighted by molar-refractivity contribution is -0.116. The van der Waals surface area contributed by atoms with Gasteiger partial charge in [-0.15, -0.1) is 0 Å². The molecule has 0 saturated heterocycles. The lowest BCUT2D eigenvalue weighted by Crippen LogP contribution is -2.07. The van der Waals surface area contributed by atoms with Gasteiger partial charge in [0.05, 0.1) is 5.52 Å².